The van der Waals surface area contributed by atoms with E-state index in [1.165, 1.54) is 12.1 Å². The number of hydrogen-bond donors (Lipinski definition) is 0. The summed E-state index contributed by atoms with van der Waals surface area (Å²) in [6, 6.07) is 14.3. The summed E-state index contributed by atoms with van der Waals surface area (Å²) in [6.07, 6.45) is 0. The number of para-hydroxylation sites is 1. The summed E-state index contributed by atoms with van der Waals surface area (Å²) >= 11 is 9.13. The Morgan fingerprint density at radius 1 is 1.10 bits per heavy atom. The van der Waals surface area contributed by atoms with Crippen molar-refractivity contribution < 1.29 is 4.39 Å². The fourth-order valence-electron chi connectivity index (χ4n) is 2.07. The van der Waals surface area contributed by atoms with Crippen molar-refractivity contribution >= 4 is 27.5 Å². The summed E-state index contributed by atoms with van der Waals surface area (Å²) in [5.74, 6) is 0.843. The average Bonchev–Trinajstić information content (AvgIpc) is 2.95. The zero-order valence-electron chi connectivity index (χ0n) is 10.8. The van der Waals surface area contributed by atoms with Crippen molar-refractivity contribution in [1.82, 2.24) is 14.8 Å². The molecule has 0 saturated heterocycles. The first-order chi connectivity index (χ1) is 10.2. The molecule has 0 amide bonds. The van der Waals surface area contributed by atoms with Gasteiger partial charge in [0.05, 0.1) is 10.4 Å². The second-order valence-electron chi connectivity index (χ2n) is 4.37. The summed E-state index contributed by atoms with van der Waals surface area (Å²) in [6.45, 7) is 0. The van der Waals surface area contributed by atoms with Gasteiger partial charge in [0, 0.05) is 11.3 Å². The summed E-state index contributed by atoms with van der Waals surface area (Å²) in [7, 11) is 0. The molecule has 0 unspecified atom stereocenters. The molecular weight excluding hydrogens is 357 g/mol. The van der Waals surface area contributed by atoms with Gasteiger partial charge in [-0.1, -0.05) is 45.7 Å². The van der Waals surface area contributed by atoms with Crippen LogP contribution in [0.5, 0.6) is 0 Å². The molecule has 0 aliphatic rings. The average molecular weight is 367 g/mol. The van der Waals surface area contributed by atoms with Crippen molar-refractivity contribution in [2.45, 2.75) is 5.33 Å². The Kier molecular flexibility index (Phi) is 4.03. The molecule has 3 rings (SSSR count). The van der Waals surface area contributed by atoms with Crippen LogP contribution in [-0.2, 0) is 5.33 Å². The minimum atomic E-state index is -0.475. The van der Waals surface area contributed by atoms with Crippen molar-refractivity contribution in [3.05, 3.63) is 65.2 Å². The van der Waals surface area contributed by atoms with Crippen molar-refractivity contribution in [3.8, 4) is 17.1 Å². The van der Waals surface area contributed by atoms with E-state index in [-0.39, 0.29) is 5.02 Å². The van der Waals surface area contributed by atoms with Crippen LogP contribution in [0.3, 0.4) is 0 Å². The number of rotatable bonds is 3. The number of benzene rings is 2. The van der Waals surface area contributed by atoms with Gasteiger partial charge in [-0.3, -0.25) is 4.57 Å². The van der Waals surface area contributed by atoms with E-state index >= 15 is 0 Å². The molecule has 1 heterocycles. The van der Waals surface area contributed by atoms with Crippen molar-refractivity contribution in [3.63, 3.8) is 0 Å². The van der Waals surface area contributed by atoms with E-state index in [1.807, 2.05) is 34.9 Å². The first-order valence-corrected chi connectivity index (χ1v) is 7.71. The summed E-state index contributed by atoms with van der Waals surface area (Å²) in [5, 5.41) is 8.96. The molecule has 2 aromatic carbocycles. The monoisotopic (exact) mass is 365 g/mol. The summed E-state index contributed by atoms with van der Waals surface area (Å²) in [5.41, 5.74) is 1.54. The van der Waals surface area contributed by atoms with E-state index in [0.29, 0.717) is 16.7 Å². The van der Waals surface area contributed by atoms with Gasteiger partial charge in [0.15, 0.2) is 5.82 Å². The maximum atomic E-state index is 13.7. The van der Waals surface area contributed by atoms with Crippen LogP contribution >= 0.6 is 27.5 Å². The number of halogens is 3. The fourth-order valence-corrected chi connectivity index (χ4v) is 2.55. The van der Waals surface area contributed by atoms with Gasteiger partial charge in [-0.05, 0) is 30.3 Å². The van der Waals surface area contributed by atoms with Gasteiger partial charge in [-0.15, -0.1) is 10.2 Å². The lowest BCUT2D eigenvalue weighted by Crippen LogP contribution is -2.01. The van der Waals surface area contributed by atoms with Crippen molar-refractivity contribution in [2.75, 3.05) is 0 Å². The van der Waals surface area contributed by atoms with E-state index in [0.717, 1.165) is 11.5 Å². The standard InChI is InChI=1S/C15H10BrClFN3/c16-9-14-19-20-15(10-6-7-12(17)13(18)8-10)21(14)11-4-2-1-3-5-11/h1-8H,9H2. The molecule has 1 aromatic heterocycles. The smallest absolute Gasteiger partial charge is 0.168 e. The SMILES string of the molecule is Fc1cc(-c2nnc(CBr)n2-c2ccccc2)ccc1Cl. The number of hydrogen-bond acceptors (Lipinski definition) is 2. The Balaban J connectivity index is 2.20. The van der Waals surface area contributed by atoms with E-state index in [1.54, 1.807) is 6.07 Å². The number of nitrogens with zero attached hydrogens (tertiary/aromatic N) is 3. The molecule has 0 fully saturated rings. The molecule has 0 N–H and O–H groups in total. The molecule has 0 aliphatic carbocycles. The summed E-state index contributed by atoms with van der Waals surface area (Å²) in [4.78, 5) is 0. The third kappa shape index (κ3) is 2.71. The minimum absolute atomic E-state index is 0.0882. The molecule has 106 valence electrons. The predicted octanol–water partition coefficient (Wildman–Crippen LogP) is 4.62. The van der Waals surface area contributed by atoms with Crippen LogP contribution in [0, 0.1) is 5.82 Å². The van der Waals surface area contributed by atoms with Gasteiger partial charge < -0.3 is 0 Å². The normalized spacial score (nSPS) is 10.8. The highest BCUT2D eigenvalue weighted by Crippen LogP contribution is 2.26. The maximum Gasteiger partial charge on any atom is 0.168 e. The van der Waals surface area contributed by atoms with Gasteiger partial charge in [-0.25, -0.2) is 4.39 Å². The minimum Gasteiger partial charge on any atom is -0.278 e. The van der Waals surface area contributed by atoms with Gasteiger partial charge >= 0.3 is 0 Å². The lowest BCUT2D eigenvalue weighted by molar-refractivity contribution is 0.628. The number of aromatic nitrogens is 3. The topological polar surface area (TPSA) is 30.7 Å². The second-order valence-corrected chi connectivity index (χ2v) is 5.34. The van der Waals surface area contributed by atoms with Crippen molar-refractivity contribution in [2.24, 2.45) is 0 Å². The maximum absolute atomic E-state index is 13.7. The Bertz CT molecular complexity index is 774. The third-order valence-electron chi connectivity index (χ3n) is 3.04. The van der Waals surface area contributed by atoms with Gasteiger partial charge in [0.25, 0.3) is 0 Å². The van der Waals surface area contributed by atoms with Crippen molar-refractivity contribution in [1.29, 1.82) is 0 Å². The predicted molar refractivity (Wildman–Crippen MR) is 84.4 cm³/mol. The van der Waals surface area contributed by atoms with E-state index in [9.17, 15) is 4.39 Å². The van der Waals surface area contributed by atoms with E-state index in [2.05, 4.69) is 26.1 Å². The zero-order valence-corrected chi connectivity index (χ0v) is 13.1. The lowest BCUT2D eigenvalue weighted by Gasteiger charge is -2.09. The van der Waals surface area contributed by atoms with E-state index in [4.69, 9.17) is 11.6 Å². The van der Waals surface area contributed by atoms with Gasteiger partial charge in [0.2, 0.25) is 0 Å². The molecule has 0 radical (unpaired) electrons. The molecule has 0 bridgehead atoms. The molecule has 0 spiro atoms. The van der Waals surface area contributed by atoms with Crippen LogP contribution < -0.4 is 0 Å². The Labute approximate surface area is 134 Å². The molecular formula is C15H10BrClFN3. The molecule has 0 atom stereocenters. The zero-order chi connectivity index (χ0) is 14.8. The molecule has 3 aromatic rings. The third-order valence-corrected chi connectivity index (χ3v) is 3.85. The van der Waals surface area contributed by atoms with Gasteiger partial charge in [0.1, 0.15) is 11.6 Å². The largest absolute Gasteiger partial charge is 0.278 e. The van der Waals surface area contributed by atoms with Crippen LogP contribution in [-0.4, -0.2) is 14.8 Å². The highest BCUT2D eigenvalue weighted by molar-refractivity contribution is 9.08. The van der Waals surface area contributed by atoms with Crippen LogP contribution in [0.25, 0.3) is 17.1 Å². The number of alkyl halides is 1. The quantitative estimate of drug-likeness (QED) is 0.633. The Hall–Kier alpha value is -1.72. The van der Waals surface area contributed by atoms with Crippen LogP contribution in [0.2, 0.25) is 5.02 Å². The fraction of sp³-hybridized carbons (Fsp3) is 0.0667. The Morgan fingerprint density at radius 3 is 2.52 bits per heavy atom. The van der Waals surface area contributed by atoms with Crippen LogP contribution in [0.1, 0.15) is 5.82 Å². The van der Waals surface area contributed by atoms with E-state index < -0.39 is 5.82 Å². The molecule has 21 heavy (non-hydrogen) atoms. The first kappa shape index (κ1) is 14.2. The highest BCUT2D eigenvalue weighted by atomic mass is 79.9. The first-order valence-electron chi connectivity index (χ1n) is 6.22. The lowest BCUT2D eigenvalue weighted by atomic mass is 10.2. The van der Waals surface area contributed by atoms with Crippen LogP contribution in [0.15, 0.2) is 48.5 Å². The molecule has 0 saturated carbocycles. The van der Waals surface area contributed by atoms with Crippen LogP contribution in [0.4, 0.5) is 4.39 Å². The molecule has 6 heteroatoms. The van der Waals surface area contributed by atoms with Gasteiger partial charge in [-0.2, -0.15) is 0 Å². The highest BCUT2D eigenvalue weighted by Gasteiger charge is 2.15. The molecule has 3 nitrogen and oxygen atoms in total. The molecule has 0 aliphatic heterocycles. The summed E-state index contributed by atoms with van der Waals surface area (Å²) < 4.78 is 15.6. The Morgan fingerprint density at radius 2 is 1.86 bits per heavy atom. The second kappa shape index (κ2) is 5.95.